The van der Waals surface area contributed by atoms with E-state index in [2.05, 4.69) is 30.6 Å². The van der Waals surface area contributed by atoms with Crippen molar-refractivity contribution in [2.24, 2.45) is 0 Å². The summed E-state index contributed by atoms with van der Waals surface area (Å²) in [4.78, 5) is 50.8. The van der Waals surface area contributed by atoms with Crippen molar-refractivity contribution in [2.45, 2.75) is 102 Å². The zero-order valence-corrected chi connectivity index (χ0v) is 26.6. The molecule has 1 aromatic rings. The summed E-state index contributed by atoms with van der Waals surface area (Å²) >= 11 is 0. The maximum atomic E-state index is 13.9. The number of rotatable bonds is 21. The van der Waals surface area contributed by atoms with Crippen LogP contribution in [-0.2, 0) is 32.9 Å². The Morgan fingerprint density at radius 3 is 2.36 bits per heavy atom. The van der Waals surface area contributed by atoms with Crippen molar-refractivity contribution < 1.29 is 43.1 Å². The SMILES string of the molecule is C=C[C@]1(COP(=O)(NCC(=O)OCCCCCC)N[C@@H](C)C(=O)OCCCCCC)O[C@@H](n2ccc(=O)[nH]c2=O)[C@H](O)[C@@H]1O. The number of nitrogens with one attached hydrogen (secondary N) is 3. The minimum atomic E-state index is -4.28. The number of unbranched alkanes of at least 4 members (excludes halogenated alkanes) is 6. The lowest BCUT2D eigenvalue weighted by Gasteiger charge is -2.31. The molecule has 250 valence electrons. The summed E-state index contributed by atoms with van der Waals surface area (Å²) in [5.41, 5.74) is -3.48. The molecule has 0 aromatic carbocycles. The summed E-state index contributed by atoms with van der Waals surface area (Å²) in [5, 5.41) is 26.6. The van der Waals surface area contributed by atoms with E-state index in [1.54, 1.807) is 0 Å². The van der Waals surface area contributed by atoms with Gasteiger partial charge in [0.2, 0.25) is 0 Å². The number of carbonyl (C=O) groups excluding carboxylic acids is 2. The molecule has 0 spiro atoms. The molecule has 1 aromatic heterocycles. The van der Waals surface area contributed by atoms with Crippen LogP contribution in [0.1, 0.15) is 78.4 Å². The van der Waals surface area contributed by atoms with E-state index in [0.29, 0.717) is 12.8 Å². The zero-order chi connectivity index (χ0) is 32.8. The number of aliphatic hydroxyl groups is 2. The van der Waals surface area contributed by atoms with Crippen molar-refractivity contribution in [2.75, 3.05) is 26.4 Å². The Kier molecular flexibility index (Phi) is 15.7. The molecule has 6 atom stereocenters. The van der Waals surface area contributed by atoms with Crippen LogP contribution in [0.25, 0.3) is 0 Å². The van der Waals surface area contributed by atoms with Crippen molar-refractivity contribution in [1.29, 1.82) is 0 Å². The molecular formula is C28H47N4O11P. The van der Waals surface area contributed by atoms with Crippen LogP contribution in [0, 0.1) is 0 Å². The number of carbonyl (C=O) groups is 2. The van der Waals surface area contributed by atoms with Crippen molar-refractivity contribution in [3.05, 3.63) is 45.8 Å². The molecule has 1 aliphatic rings. The van der Waals surface area contributed by atoms with Gasteiger partial charge < -0.3 is 28.9 Å². The van der Waals surface area contributed by atoms with Gasteiger partial charge in [-0.05, 0) is 19.8 Å². The molecule has 1 fully saturated rings. The van der Waals surface area contributed by atoms with Gasteiger partial charge >= 0.3 is 25.3 Å². The van der Waals surface area contributed by atoms with E-state index in [-0.39, 0.29) is 13.2 Å². The Labute approximate surface area is 256 Å². The van der Waals surface area contributed by atoms with Gasteiger partial charge in [-0.1, -0.05) is 58.4 Å². The normalized spacial score (nSPS) is 23.5. The van der Waals surface area contributed by atoms with Crippen LogP contribution in [-0.4, -0.2) is 81.9 Å². The maximum absolute atomic E-state index is 13.9. The van der Waals surface area contributed by atoms with E-state index in [4.69, 9.17) is 18.7 Å². The number of aromatic nitrogens is 2. The lowest BCUT2D eigenvalue weighted by atomic mass is 9.96. The first-order valence-electron chi connectivity index (χ1n) is 15.0. The van der Waals surface area contributed by atoms with Gasteiger partial charge in [-0.3, -0.25) is 28.5 Å². The molecule has 44 heavy (non-hydrogen) atoms. The number of hydrogen-bond acceptors (Lipinski definition) is 11. The minimum Gasteiger partial charge on any atom is -0.465 e. The Hall–Kier alpha value is -2.65. The van der Waals surface area contributed by atoms with Crippen molar-refractivity contribution >= 4 is 19.6 Å². The summed E-state index contributed by atoms with van der Waals surface area (Å²) in [5.74, 6) is -1.41. The Morgan fingerprint density at radius 1 is 1.14 bits per heavy atom. The number of ether oxygens (including phenoxy) is 3. The van der Waals surface area contributed by atoms with Crippen LogP contribution in [0.5, 0.6) is 0 Å². The average Bonchev–Trinajstić information content (AvgIpc) is 3.24. The van der Waals surface area contributed by atoms with Gasteiger partial charge in [0.25, 0.3) is 5.56 Å². The fraction of sp³-hybridized carbons (Fsp3) is 0.714. The van der Waals surface area contributed by atoms with Crippen LogP contribution in [0.4, 0.5) is 0 Å². The summed E-state index contributed by atoms with van der Waals surface area (Å²) < 4.78 is 36.7. The molecule has 2 rings (SSSR count). The van der Waals surface area contributed by atoms with E-state index in [9.17, 15) is 34.0 Å². The fourth-order valence-electron chi connectivity index (χ4n) is 4.39. The van der Waals surface area contributed by atoms with Gasteiger partial charge in [-0.2, -0.15) is 0 Å². The molecular weight excluding hydrogens is 599 g/mol. The molecule has 0 amide bonds. The molecule has 0 bridgehead atoms. The Bertz CT molecular complexity index is 1240. The lowest BCUT2D eigenvalue weighted by molar-refractivity contribution is -0.145. The highest BCUT2D eigenvalue weighted by Crippen LogP contribution is 2.44. The first kappa shape index (κ1) is 37.5. The highest BCUT2D eigenvalue weighted by atomic mass is 31.2. The van der Waals surface area contributed by atoms with E-state index in [1.165, 1.54) is 6.92 Å². The highest BCUT2D eigenvalue weighted by Gasteiger charge is 2.54. The minimum absolute atomic E-state index is 0.177. The zero-order valence-electron chi connectivity index (χ0n) is 25.7. The predicted molar refractivity (Wildman–Crippen MR) is 161 cm³/mol. The summed E-state index contributed by atoms with van der Waals surface area (Å²) in [7, 11) is -4.28. The van der Waals surface area contributed by atoms with E-state index < -0.39 is 74.1 Å². The molecule has 1 saturated heterocycles. The van der Waals surface area contributed by atoms with Gasteiger partial charge in [0.1, 0.15) is 30.4 Å². The van der Waals surface area contributed by atoms with Gasteiger partial charge in [0.05, 0.1) is 19.8 Å². The van der Waals surface area contributed by atoms with Crippen LogP contribution >= 0.6 is 7.67 Å². The summed E-state index contributed by atoms with van der Waals surface area (Å²) in [6, 6.07) is -0.111. The maximum Gasteiger partial charge on any atom is 0.342 e. The lowest BCUT2D eigenvalue weighted by Crippen LogP contribution is -2.46. The second-order valence-electron chi connectivity index (χ2n) is 10.6. The highest BCUT2D eigenvalue weighted by molar-refractivity contribution is 7.54. The molecule has 0 aliphatic carbocycles. The van der Waals surface area contributed by atoms with Crippen LogP contribution in [0.3, 0.4) is 0 Å². The smallest absolute Gasteiger partial charge is 0.342 e. The second-order valence-corrected chi connectivity index (χ2v) is 12.6. The Balaban J connectivity index is 2.16. The fourth-order valence-corrected chi connectivity index (χ4v) is 5.99. The summed E-state index contributed by atoms with van der Waals surface area (Å²) in [6.45, 7) is 8.27. The van der Waals surface area contributed by atoms with Crippen molar-refractivity contribution in [3.63, 3.8) is 0 Å². The van der Waals surface area contributed by atoms with Gasteiger partial charge in [-0.15, -0.1) is 6.58 Å². The number of H-pyrrole nitrogens is 1. The molecule has 15 nitrogen and oxygen atoms in total. The molecule has 1 aliphatic heterocycles. The van der Waals surface area contributed by atoms with E-state index >= 15 is 0 Å². The van der Waals surface area contributed by atoms with Crippen molar-refractivity contribution in [1.82, 2.24) is 19.7 Å². The largest absolute Gasteiger partial charge is 0.465 e. The van der Waals surface area contributed by atoms with Crippen molar-refractivity contribution in [3.8, 4) is 0 Å². The Morgan fingerprint density at radius 2 is 1.77 bits per heavy atom. The van der Waals surface area contributed by atoms with E-state index in [1.807, 2.05) is 4.98 Å². The van der Waals surface area contributed by atoms with E-state index in [0.717, 1.165) is 61.4 Å². The van der Waals surface area contributed by atoms with Crippen LogP contribution < -0.4 is 21.4 Å². The molecule has 0 radical (unpaired) electrons. The second kappa shape index (κ2) is 18.4. The van der Waals surface area contributed by atoms with Crippen LogP contribution in [0.15, 0.2) is 34.5 Å². The quantitative estimate of drug-likeness (QED) is 0.0558. The predicted octanol–water partition coefficient (Wildman–Crippen LogP) is 1.65. The number of aromatic amines is 1. The topological polar surface area (TPSA) is 208 Å². The first-order chi connectivity index (χ1) is 20.9. The average molecular weight is 647 g/mol. The molecule has 0 saturated carbocycles. The summed E-state index contributed by atoms with van der Waals surface area (Å²) in [6.07, 6.45) is 4.46. The monoisotopic (exact) mass is 646 g/mol. The molecule has 1 unspecified atom stereocenters. The molecule has 5 N–H and O–H groups in total. The van der Waals surface area contributed by atoms with Gasteiger partial charge in [0.15, 0.2) is 6.23 Å². The number of nitrogens with zero attached hydrogens (tertiary/aromatic N) is 1. The standard InChI is InChI=1S/C28H47N4O11P/c1-5-8-10-12-16-40-22(34)18-29-44(39,31-20(4)26(37)41-17-13-11-9-6-2)42-19-28(7-3)24(36)23(35)25(43-28)32-15-14-21(33)30-27(32)38/h7,14-15,20,23-25,35-36H,3,5-6,8-13,16-19H2,1-2,4H3,(H2,29,31,39)(H,30,33,38)/t20-,23+,24-,25+,28+,44?/m0/s1. The molecule has 16 heteroatoms. The van der Waals surface area contributed by atoms with Gasteiger partial charge in [-0.25, -0.2) is 15.0 Å². The first-order valence-corrected chi connectivity index (χ1v) is 16.6. The van der Waals surface area contributed by atoms with Crippen LogP contribution in [0.2, 0.25) is 0 Å². The third kappa shape index (κ3) is 11.1. The third-order valence-corrected chi connectivity index (χ3v) is 8.85. The third-order valence-electron chi connectivity index (χ3n) is 7.05. The number of hydrogen-bond donors (Lipinski definition) is 5. The molecule has 2 heterocycles. The van der Waals surface area contributed by atoms with Gasteiger partial charge in [0, 0.05) is 12.3 Å². The number of esters is 2. The number of aliphatic hydroxyl groups excluding tert-OH is 2.